The van der Waals surface area contributed by atoms with Crippen LogP contribution in [0, 0.1) is 0 Å². The molecule has 0 amide bonds. The lowest BCUT2D eigenvalue weighted by Gasteiger charge is -2.31. The number of hydrogen-bond acceptors (Lipinski definition) is 8. The second kappa shape index (κ2) is 11.4. The molecule has 8 heteroatoms. The molecule has 0 saturated heterocycles. The zero-order valence-corrected chi connectivity index (χ0v) is 24.7. The predicted molar refractivity (Wildman–Crippen MR) is 164 cm³/mol. The first-order valence-electron chi connectivity index (χ1n) is 14.8. The Morgan fingerprint density at radius 1 is 0.674 bits per heavy atom. The summed E-state index contributed by atoms with van der Waals surface area (Å²) in [5.41, 5.74) is 6.61. The summed E-state index contributed by atoms with van der Waals surface area (Å²) in [7, 11) is 4.87. The number of hydrogen-bond donors (Lipinski definition) is 3. The average Bonchev–Trinajstić information content (AvgIpc) is 3.03. The topological polar surface area (TPSA) is 90.4 Å². The summed E-state index contributed by atoms with van der Waals surface area (Å²) in [6.07, 6.45) is 3.10. The predicted octanol–water partition coefficient (Wildman–Crippen LogP) is 6.18. The van der Waals surface area contributed by atoms with Crippen LogP contribution >= 0.6 is 0 Å². The number of methoxy groups -OCH3 is 3. The molecule has 0 radical (unpaired) electrons. The van der Waals surface area contributed by atoms with Crippen molar-refractivity contribution in [3.8, 4) is 46.0 Å². The highest BCUT2D eigenvalue weighted by Gasteiger charge is 2.31. The van der Waals surface area contributed by atoms with Crippen LogP contribution in [0.4, 0.5) is 0 Å². The van der Waals surface area contributed by atoms with E-state index in [-0.39, 0.29) is 17.8 Å². The molecule has 8 nitrogen and oxygen atoms in total. The zero-order chi connectivity index (χ0) is 29.5. The molecule has 4 aliphatic heterocycles. The standard InChI is InChI=1S/C35H36N2O6/c1-39-28-9-6-21-15-27-33-23(11-13-37-27)18-32(41-3)34(38)35(33)43-31-19-25-22(17-29(31)40-2)10-12-36-26(25)14-20-4-7-24(8-5-20)42-30(28)16-21/h4-9,16-19,26-27,36-38H,10-15H2,1-3H3/t26-,27+/m0/s1. The number of phenolic OH excluding ortho intramolecular Hbond substituents is 1. The van der Waals surface area contributed by atoms with Gasteiger partial charge in [0, 0.05) is 17.6 Å². The van der Waals surface area contributed by atoms with Crippen molar-refractivity contribution in [1.29, 1.82) is 0 Å². The number of rotatable bonds is 3. The molecule has 0 spiro atoms. The van der Waals surface area contributed by atoms with E-state index in [4.69, 9.17) is 23.7 Å². The zero-order valence-electron chi connectivity index (χ0n) is 24.7. The van der Waals surface area contributed by atoms with Gasteiger partial charge in [-0.15, -0.1) is 0 Å². The van der Waals surface area contributed by atoms with E-state index in [2.05, 4.69) is 34.9 Å². The third kappa shape index (κ3) is 5.11. The summed E-state index contributed by atoms with van der Waals surface area (Å²) >= 11 is 0. The van der Waals surface area contributed by atoms with E-state index in [9.17, 15) is 5.11 Å². The second-order valence-electron chi connectivity index (χ2n) is 11.3. The van der Waals surface area contributed by atoms with Crippen molar-refractivity contribution in [2.45, 2.75) is 37.8 Å². The molecule has 4 aliphatic rings. The van der Waals surface area contributed by atoms with Crippen LogP contribution in [0.1, 0.15) is 45.5 Å². The minimum atomic E-state index is -0.131. The quantitative estimate of drug-likeness (QED) is 0.265. The van der Waals surface area contributed by atoms with Gasteiger partial charge in [0.2, 0.25) is 5.75 Å². The number of fused-ring (bicyclic) bond motifs is 2. The Morgan fingerprint density at radius 3 is 2.09 bits per heavy atom. The summed E-state index contributed by atoms with van der Waals surface area (Å²) in [4.78, 5) is 0. The first-order chi connectivity index (χ1) is 21.0. The van der Waals surface area contributed by atoms with Gasteiger partial charge >= 0.3 is 0 Å². The van der Waals surface area contributed by atoms with E-state index in [1.807, 2.05) is 36.4 Å². The Morgan fingerprint density at radius 2 is 1.33 bits per heavy atom. The minimum absolute atomic E-state index is 0.0305. The van der Waals surface area contributed by atoms with Crippen molar-refractivity contribution >= 4 is 0 Å². The molecule has 8 rings (SSSR count). The van der Waals surface area contributed by atoms with Gasteiger partial charge in [0.05, 0.1) is 21.3 Å². The summed E-state index contributed by atoms with van der Waals surface area (Å²) in [5.74, 6) is 3.98. The fourth-order valence-electron chi connectivity index (χ4n) is 6.60. The highest BCUT2D eigenvalue weighted by molar-refractivity contribution is 5.63. The van der Waals surface area contributed by atoms with Gasteiger partial charge < -0.3 is 39.4 Å². The van der Waals surface area contributed by atoms with Gasteiger partial charge in [-0.1, -0.05) is 18.2 Å². The van der Waals surface area contributed by atoms with Gasteiger partial charge in [0.15, 0.2) is 34.5 Å². The molecule has 6 bridgehead atoms. The van der Waals surface area contributed by atoms with E-state index in [0.717, 1.165) is 60.4 Å². The van der Waals surface area contributed by atoms with Crippen LogP contribution in [0.2, 0.25) is 0 Å². The lowest BCUT2D eigenvalue weighted by Crippen LogP contribution is -2.32. The van der Waals surface area contributed by atoms with Gasteiger partial charge in [0.25, 0.3) is 0 Å². The van der Waals surface area contributed by atoms with Crippen LogP contribution in [0.3, 0.4) is 0 Å². The third-order valence-electron chi connectivity index (χ3n) is 8.75. The lowest BCUT2D eigenvalue weighted by atomic mass is 9.88. The SMILES string of the molecule is COc1ccc2cc1Oc1ccc(cc1)C[C@@H]1NCCc3cc(OC)c(cc31)Oc1c(O)c(OC)cc3c1[C@@H](C2)NCC3. The molecule has 4 aromatic carbocycles. The third-order valence-corrected chi connectivity index (χ3v) is 8.75. The molecule has 3 N–H and O–H groups in total. The molecule has 0 unspecified atom stereocenters. The van der Waals surface area contributed by atoms with Gasteiger partial charge in [-0.05, 0) is 109 Å². The first kappa shape index (κ1) is 27.4. The Hall–Kier alpha value is -4.40. The summed E-state index contributed by atoms with van der Waals surface area (Å²) in [6.45, 7) is 1.66. The second-order valence-corrected chi connectivity index (χ2v) is 11.3. The largest absolute Gasteiger partial charge is 0.502 e. The monoisotopic (exact) mass is 580 g/mol. The molecule has 0 fully saturated rings. The molecule has 0 aliphatic carbocycles. The van der Waals surface area contributed by atoms with E-state index in [1.54, 1.807) is 21.3 Å². The van der Waals surface area contributed by atoms with Gasteiger partial charge in [-0.3, -0.25) is 0 Å². The van der Waals surface area contributed by atoms with Crippen molar-refractivity contribution in [1.82, 2.24) is 10.6 Å². The smallest absolute Gasteiger partial charge is 0.201 e. The van der Waals surface area contributed by atoms with Crippen LogP contribution in [0.25, 0.3) is 0 Å². The number of nitrogens with one attached hydrogen (secondary N) is 2. The van der Waals surface area contributed by atoms with E-state index >= 15 is 0 Å². The highest BCUT2D eigenvalue weighted by atomic mass is 16.5. The maximum absolute atomic E-state index is 11.5. The van der Waals surface area contributed by atoms with E-state index in [1.165, 1.54) is 11.1 Å². The number of ether oxygens (including phenoxy) is 5. The van der Waals surface area contributed by atoms with Gasteiger partial charge in [-0.25, -0.2) is 0 Å². The molecular formula is C35H36N2O6. The van der Waals surface area contributed by atoms with Crippen LogP contribution in [0.15, 0.2) is 60.7 Å². The van der Waals surface area contributed by atoms with Crippen molar-refractivity contribution in [3.05, 3.63) is 94.0 Å². The molecule has 4 aromatic rings. The Kier molecular flexibility index (Phi) is 7.24. The van der Waals surface area contributed by atoms with E-state index < -0.39 is 0 Å². The Balaban J connectivity index is 1.43. The maximum Gasteiger partial charge on any atom is 0.201 e. The molecule has 0 saturated carbocycles. The lowest BCUT2D eigenvalue weighted by molar-refractivity contribution is 0.334. The fourth-order valence-corrected chi connectivity index (χ4v) is 6.60. The van der Waals surface area contributed by atoms with Crippen LogP contribution in [0.5, 0.6) is 46.0 Å². The van der Waals surface area contributed by atoms with Crippen LogP contribution < -0.4 is 34.3 Å². The normalized spacial score (nSPS) is 18.8. The number of phenols is 1. The average molecular weight is 581 g/mol. The Bertz CT molecular complexity index is 1670. The van der Waals surface area contributed by atoms with Crippen LogP contribution in [-0.2, 0) is 25.7 Å². The Labute approximate surface area is 251 Å². The molecule has 222 valence electrons. The maximum atomic E-state index is 11.5. The van der Waals surface area contributed by atoms with Crippen molar-refractivity contribution in [3.63, 3.8) is 0 Å². The van der Waals surface area contributed by atoms with Gasteiger partial charge in [0.1, 0.15) is 5.75 Å². The van der Waals surface area contributed by atoms with Gasteiger partial charge in [-0.2, -0.15) is 0 Å². The molecular weight excluding hydrogens is 544 g/mol. The van der Waals surface area contributed by atoms with Crippen molar-refractivity contribution < 1.29 is 28.8 Å². The number of benzene rings is 4. The highest BCUT2D eigenvalue weighted by Crippen LogP contribution is 2.50. The minimum Gasteiger partial charge on any atom is -0.502 e. The molecule has 0 aromatic heterocycles. The van der Waals surface area contributed by atoms with Crippen LogP contribution in [-0.4, -0.2) is 39.5 Å². The summed E-state index contributed by atoms with van der Waals surface area (Å²) in [5, 5.41) is 18.9. The molecule has 43 heavy (non-hydrogen) atoms. The van der Waals surface area contributed by atoms with E-state index in [0.29, 0.717) is 40.9 Å². The van der Waals surface area contributed by atoms with Crippen molar-refractivity contribution in [2.24, 2.45) is 0 Å². The van der Waals surface area contributed by atoms with Crippen molar-refractivity contribution in [2.75, 3.05) is 34.4 Å². The fraction of sp³-hybridized carbons (Fsp3) is 0.314. The number of aromatic hydroxyl groups is 1. The molecule has 2 atom stereocenters. The summed E-state index contributed by atoms with van der Waals surface area (Å²) in [6, 6.07) is 20.3. The first-order valence-corrected chi connectivity index (χ1v) is 14.8. The molecule has 4 heterocycles. The summed E-state index contributed by atoms with van der Waals surface area (Å²) < 4.78 is 30.1.